The second kappa shape index (κ2) is 9.78. The molecule has 0 radical (unpaired) electrons. The van der Waals surface area contributed by atoms with Crippen LogP contribution >= 0.6 is 0 Å². The molecule has 1 N–H and O–H groups in total. The molecule has 8 heteroatoms. The molecule has 168 valence electrons. The van der Waals surface area contributed by atoms with E-state index in [1.165, 1.54) is 0 Å². The molecule has 0 bridgehead atoms. The number of para-hydroxylation sites is 1. The van der Waals surface area contributed by atoms with Crippen LogP contribution in [0.1, 0.15) is 30.0 Å². The summed E-state index contributed by atoms with van der Waals surface area (Å²) in [6, 6.07) is 8.06. The van der Waals surface area contributed by atoms with Crippen molar-refractivity contribution in [3.63, 3.8) is 0 Å². The number of carboxylic acid groups (broad SMARTS) is 1. The average Bonchev–Trinajstić information content (AvgIpc) is 3.28. The number of hydrogen-bond donors (Lipinski definition) is 1. The van der Waals surface area contributed by atoms with Crippen LogP contribution in [-0.2, 0) is 4.79 Å². The van der Waals surface area contributed by atoms with E-state index in [2.05, 4.69) is 0 Å². The Morgan fingerprint density at radius 2 is 1.55 bits per heavy atom. The molecule has 8 nitrogen and oxygen atoms in total. The van der Waals surface area contributed by atoms with Crippen molar-refractivity contribution in [2.75, 3.05) is 42.1 Å². The highest BCUT2D eigenvalue weighted by Gasteiger charge is 2.40. The molecule has 1 aliphatic heterocycles. The van der Waals surface area contributed by atoms with Crippen LogP contribution < -0.4 is 23.7 Å². The number of nitrogens with zero attached hydrogens (tertiary/aromatic N) is 1. The van der Waals surface area contributed by atoms with Crippen LogP contribution in [0.5, 0.6) is 28.7 Å². The molecule has 1 saturated heterocycles. The van der Waals surface area contributed by atoms with Gasteiger partial charge in [0.15, 0.2) is 23.0 Å². The molecule has 0 aliphatic carbocycles. The minimum Gasteiger partial charge on any atom is -0.496 e. The maximum absolute atomic E-state index is 12.1. The molecule has 0 spiro atoms. The van der Waals surface area contributed by atoms with E-state index in [-0.39, 0.29) is 0 Å². The van der Waals surface area contributed by atoms with Crippen molar-refractivity contribution in [2.45, 2.75) is 24.9 Å². The number of ether oxygens (including phenoxy) is 5. The molecule has 2 aromatic carbocycles. The summed E-state index contributed by atoms with van der Waals surface area (Å²) in [6.07, 6.45) is 1.34. The van der Waals surface area contributed by atoms with Crippen molar-refractivity contribution in [1.29, 1.82) is 0 Å². The highest BCUT2D eigenvalue weighted by Crippen LogP contribution is 2.47. The Labute approximate surface area is 182 Å². The van der Waals surface area contributed by atoms with Crippen LogP contribution in [0.15, 0.2) is 30.3 Å². The van der Waals surface area contributed by atoms with Crippen LogP contribution in [0.4, 0.5) is 0 Å². The van der Waals surface area contributed by atoms with Gasteiger partial charge in [0.05, 0.1) is 41.6 Å². The van der Waals surface area contributed by atoms with Crippen molar-refractivity contribution in [3.05, 3.63) is 41.5 Å². The van der Waals surface area contributed by atoms with Crippen LogP contribution in [0.3, 0.4) is 0 Å². The number of likely N-dealkylation sites (tertiary alicyclic amines) is 1. The monoisotopic (exact) mass is 431 g/mol. The van der Waals surface area contributed by atoms with Gasteiger partial charge in [-0.1, -0.05) is 12.1 Å². The van der Waals surface area contributed by atoms with Crippen molar-refractivity contribution >= 4 is 5.97 Å². The van der Waals surface area contributed by atoms with Gasteiger partial charge in [-0.05, 0) is 25.0 Å². The summed E-state index contributed by atoms with van der Waals surface area (Å²) in [4.78, 5) is 14.0. The Balaban J connectivity index is 2.30. The highest BCUT2D eigenvalue weighted by atomic mass is 16.5. The predicted molar refractivity (Wildman–Crippen MR) is 115 cm³/mol. The van der Waals surface area contributed by atoms with Gasteiger partial charge in [-0.25, -0.2) is 0 Å². The fourth-order valence-electron chi connectivity index (χ4n) is 4.28. The van der Waals surface area contributed by atoms with Gasteiger partial charge in [-0.15, -0.1) is 0 Å². The Morgan fingerprint density at radius 3 is 2.13 bits per heavy atom. The van der Waals surface area contributed by atoms with Gasteiger partial charge < -0.3 is 28.8 Å². The smallest absolute Gasteiger partial charge is 0.320 e. The summed E-state index contributed by atoms with van der Waals surface area (Å²) in [7, 11) is 7.83. The first kappa shape index (κ1) is 22.6. The lowest BCUT2D eigenvalue weighted by molar-refractivity contribution is -0.142. The molecule has 31 heavy (non-hydrogen) atoms. The first-order valence-electron chi connectivity index (χ1n) is 10.00. The lowest BCUT2D eigenvalue weighted by Crippen LogP contribution is -2.39. The highest BCUT2D eigenvalue weighted by molar-refractivity contribution is 5.74. The predicted octanol–water partition coefficient (Wildman–Crippen LogP) is 3.37. The maximum atomic E-state index is 12.1. The Bertz CT molecular complexity index is 930. The number of aliphatic carboxylic acids is 1. The molecular formula is C23H29NO7. The zero-order valence-electron chi connectivity index (χ0n) is 18.5. The van der Waals surface area contributed by atoms with Crippen LogP contribution in [0.25, 0.3) is 0 Å². The van der Waals surface area contributed by atoms with Crippen LogP contribution in [0, 0.1) is 0 Å². The summed E-state index contributed by atoms with van der Waals surface area (Å²) >= 11 is 0. The molecule has 2 unspecified atom stereocenters. The largest absolute Gasteiger partial charge is 0.496 e. The van der Waals surface area contributed by atoms with Gasteiger partial charge in [-0.3, -0.25) is 9.69 Å². The number of carbonyl (C=O) groups is 1. The minimum atomic E-state index is -0.858. The van der Waals surface area contributed by atoms with Crippen molar-refractivity contribution in [2.24, 2.45) is 0 Å². The Kier molecular flexibility index (Phi) is 7.12. The molecular weight excluding hydrogens is 402 g/mol. The summed E-state index contributed by atoms with van der Waals surface area (Å²) in [6.45, 7) is 0.611. The first-order chi connectivity index (χ1) is 15.0. The lowest BCUT2D eigenvalue weighted by Gasteiger charge is -2.34. The second-order valence-corrected chi connectivity index (χ2v) is 7.17. The van der Waals surface area contributed by atoms with Gasteiger partial charge in [0.2, 0.25) is 0 Å². The SMILES string of the molecule is COc1cc(OC)c(C(c2cccc(OC)c2OC)N2CCCC2C(=O)O)cc1OC. The van der Waals surface area contributed by atoms with Gasteiger partial charge in [-0.2, -0.15) is 0 Å². The van der Waals surface area contributed by atoms with Crippen molar-refractivity contribution in [3.8, 4) is 28.7 Å². The van der Waals surface area contributed by atoms with Crippen LogP contribution in [0.2, 0.25) is 0 Å². The van der Waals surface area contributed by atoms with E-state index in [1.807, 2.05) is 29.2 Å². The zero-order chi connectivity index (χ0) is 22.5. The molecule has 1 heterocycles. The third-order valence-corrected chi connectivity index (χ3v) is 5.67. The number of carboxylic acids is 1. The third kappa shape index (κ3) is 4.20. The van der Waals surface area contributed by atoms with Crippen molar-refractivity contribution in [1.82, 2.24) is 4.90 Å². The van der Waals surface area contributed by atoms with E-state index in [4.69, 9.17) is 23.7 Å². The van der Waals surface area contributed by atoms with Gasteiger partial charge >= 0.3 is 5.97 Å². The van der Waals surface area contributed by atoms with E-state index < -0.39 is 18.1 Å². The Morgan fingerprint density at radius 1 is 0.903 bits per heavy atom. The van der Waals surface area contributed by atoms with Crippen LogP contribution in [-0.4, -0.2) is 64.1 Å². The minimum absolute atomic E-state index is 0.469. The van der Waals surface area contributed by atoms with E-state index in [0.29, 0.717) is 41.7 Å². The van der Waals surface area contributed by atoms with Gasteiger partial charge in [0.1, 0.15) is 11.8 Å². The quantitative estimate of drug-likeness (QED) is 0.647. The number of methoxy groups -OCH3 is 5. The molecule has 0 aromatic heterocycles. The fourth-order valence-corrected chi connectivity index (χ4v) is 4.28. The standard InChI is InChI=1S/C23H29NO7/c1-27-17-10-6-8-14(22(17)31-5)21(24-11-7-9-16(24)23(25)26)15-12-19(29-3)20(30-4)13-18(15)28-2/h6,8,10,12-13,16,21H,7,9,11H2,1-5H3,(H,25,26). The number of rotatable bonds is 9. The normalized spacial score (nSPS) is 17.1. The average molecular weight is 431 g/mol. The molecule has 1 fully saturated rings. The lowest BCUT2D eigenvalue weighted by atomic mass is 9.93. The zero-order valence-corrected chi connectivity index (χ0v) is 18.5. The van der Waals surface area contributed by atoms with Crippen molar-refractivity contribution < 1.29 is 33.6 Å². The molecule has 3 rings (SSSR count). The number of benzene rings is 2. The summed E-state index contributed by atoms with van der Waals surface area (Å²) in [5.74, 6) is 1.86. The van der Waals surface area contributed by atoms with Gasteiger partial charge in [0.25, 0.3) is 0 Å². The summed E-state index contributed by atoms with van der Waals surface area (Å²) in [5.41, 5.74) is 1.53. The molecule has 2 aromatic rings. The molecule has 0 amide bonds. The van der Waals surface area contributed by atoms with E-state index in [0.717, 1.165) is 17.5 Å². The number of hydrogen-bond acceptors (Lipinski definition) is 7. The second-order valence-electron chi connectivity index (χ2n) is 7.17. The molecule has 0 saturated carbocycles. The topological polar surface area (TPSA) is 86.7 Å². The summed E-state index contributed by atoms with van der Waals surface area (Å²) < 4.78 is 27.9. The van der Waals surface area contributed by atoms with E-state index >= 15 is 0 Å². The molecule has 1 aliphatic rings. The Hall–Kier alpha value is -3.13. The molecule has 2 atom stereocenters. The first-order valence-corrected chi connectivity index (χ1v) is 10.00. The summed E-state index contributed by atoms with van der Waals surface area (Å²) in [5, 5.41) is 9.89. The van der Waals surface area contributed by atoms with E-state index in [1.54, 1.807) is 41.6 Å². The fraction of sp³-hybridized carbons (Fsp3) is 0.435. The maximum Gasteiger partial charge on any atom is 0.320 e. The third-order valence-electron chi connectivity index (χ3n) is 5.67. The van der Waals surface area contributed by atoms with Gasteiger partial charge in [0, 0.05) is 23.7 Å². The van der Waals surface area contributed by atoms with E-state index in [9.17, 15) is 9.90 Å².